The lowest BCUT2D eigenvalue weighted by molar-refractivity contribution is 0.198. The predicted octanol–water partition coefficient (Wildman–Crippen LogP) is 2.95. The molecule has 0 spiro atoms. The smallest absolute Gasteiger partial charge is 0.0587 e. The standard InChI is InChI=1S/C13H29NO/c1-5-6-7-8-9-12(4)14-13(10-15)11(2)3/h11-15H,5-10H2,1-4H3. The fourth-order valence-corrected chi connectivity index (χ4v) is 1.78. The van der Waals surface area contributed by atoms with Crippen LogP contribution in [0.4, 0.5) is 0 Å². The second kappa shape index (κ2) is 9.17. The number of aliphatic hydroxyl groups is 1. The zero-order chi connectivity index (χ0) is 11.7. The molecule has 0 aromatic carbocycles. The van der Waals surface area contributed by atoms with Gasteiger partial charge in [0.25, 0.3) is 0 Å². The number of hydrogen-bond donors (Lipinski definition) is 2. The second-order valence-electron chi connectivity index (χ2n) is 4.95. The molecule has 2 nitrogen and oxygen atoms in total. The van der Waals surface area contributed by atoms with Gasteiger partial charge in [0, 0.05) is 12.1 Å². The maximum absolute atomic E-state index is 9.19. The first-order valence-corrected chi connectivity index (χ1v) is 6.48. The highest BCUT2D eigenvalue weighted by atomic mass is 16.3. The molecule has 0 amide bonds. The number of rotatable bonds is 9. The molecule has 0 radical (unpaired) electrons. The summed E-state index contributed by atoms with van der Waals surface area (Å²) in [6, 6.07) is 0.785. The normalized spacial score (nSPS) is 15.6. The van der Waals surface area contributed by atoms with Crippen LogP contribution in [0.25, 0.3) is 0 Å². The zero-order valence-corrected chi connectivity index (χ0v) is 10.9. The van der Waals surface area contributed by atoms with E-state index in [-0.39, 0.29) is 12.6 Å². The SMILES string of the molecule is CCCCCCC(C)NC(CO)C(C)C. The van der Waals surface area contributed by atoms with Crippen LogP contribution in [0.2, 0.25) is 0 Å². The first-order chi connectivity index (χ1) is 7.11. The van der Waals surface area contributed by atoms with Crippen molar-refractivity contribution in [1.29, 1.82) is 0 Å². The highest BCUT2D eigenvalue weighted by Crippen LogP contribution is 2.08. The van der Waals surface area contributed by atoms with E-state index in [4.69, 9.17) is 0 Å². The topological polar surface area (TPSA) is 32.3 Å². The molecule has 0 aliphatic carbocycles. The average molecular weight is 215 g/mol. The van der Waals surface area contributed by atoms with Crippen LogP contribution in [-0.4, -0.2) is 23.8 Å². The molecule has 0 heterocycles. The average Bonchev–Trinajstić information content (AvgIpc) is 2.20. The van der Waals surface area contributed by atoms with Gasteiger partial charge in [0.1, 0.15) is 0 Å². The monoisotopic (exact) mass is 215 g/mol. The van der Waals surface area contributed by atoms with Crippen molar-refractivity contribution < 1.29 is 5.11 Å². The lowest BCUT2D eigenvalue weighted by Crippen LogP contribution is -2.42. The van der Waals surface area contributed by atoms with E-state index in [0.717, 1.165) is 0 Å². The summed E-state index contributed by atoms with van der Waals surface area (Å²) in [6.45, 7) is 9.01. The van der Waals surface area contributed by atoms with Crippen LogP contribution in [0.5, 0.6) is 0 Å². The summed E-state index contributed by atoms with van der Waals surface area (Å²) in [7, 11) is 0. The Labute approximate surface area is 95.5 Å². The molecule has 2 N–H and O–H groups in total. The van der Waals surface area contributed by atoms with E-state index < -0.39 is 0 Å². The molecule has 15 heavy (non-hydrogen) atoms. The second-order valence-corrected chi connectivity index (χ2v) is 4.95. The van der Waals surface area contributed by atoms with Crippen LogP contribution in [0, 0.1) is 5.92 Å². The fourth-order valence-electron chi connectivity index (χ4n) is 1.78. The molecule has 0 fully saturated rings. The minimum Gasteiger partial charge on any atom is -0.395 e. The van der Waals surface area contributed by atoms with Gasteiger partial charge in [-0.05, 0) is 19.3 Å². The molecule has 2 heteroatoms. The quantitative estimate of drug-likeness (QED) is 0.580. The Hall–Kier alpha value is -0.0800. The Morgan fingerprint density at radius 1 is 1.07 bits per heavy atom. The van der Waals surface area contributed by atoms with E-state index in [1.54, 1.807) is 0 Å². The molecule has 0 rings (SSSR count). The summed E-state index contributed by atoms with van der Waals surface area (Å²) in [5.41, 5.74) is 0. The van der Waals surface area contributed by atoms with Gasteiger partial charge in [0.05, 0.1) is 6.61 Å². The molecule has 0 bridgehead atoms. The van der Waals surface area contributed by atoms with Gasteiger partial charge in [-0.1, -0.05) is 46.5 Å². The van der Waals surface area contributed by atoms with Crippen molar-refractivity contribution in [2.24, 2.45) is 5.92 Å². The molecule has 0 saturated carbocycles. The van der Waals surface area contributed by atoms with E-state index in [2.05, 4.69) is 33.0 Å². The minimum atomic E-state index is 0.247. The summed E-state index contributed by atoms with van der Waals surface area (Å²) in [4.78, 5) is 0. The summed E-state index contributed by atoms with van der Waals surface area (Å²) in [6.07, 6.45) is 6.52. The summed E-state index contributed by atoms with van der Waals surface area (Å²) in [5, 5.41) is 12.7. The van der Waals surface area contributed by atoms with E-state index in [1.165, 1.54) is 32.1 Å². The highest BCUT2D eigenvalue weighted by molar-refractivity contribution is 4.73. The zero-order valence-electron chi connectivity index (χ0n) is 10.9. The molecule has 0 saturated heterocycles. The lowest BCUT2D eigenvalue weighted by atomic mass is 10.0. The van der Waals surface area contributed by atoms with Crippen LogP contribution >= 0.6 is 0 Å². The first kappa shape index (κ1) is 14.9. The van der Waals surface area contributed by atoms with E-state index in [1.807, 2.05) is 0 Å². The van der Waals surface area contributed by atoms with Crippen molar-refractivity contribution in [3.8, 4) is 0 Å². The van der Waals surface area contributed by atoms with E-state index in [9.17, 15) is 5.11 Å². The minimum absolute atomic E-state index is 0.247. The van der Waals surface area contributed by atoms with Gasteiger partial charge in [-0.2, -0.15) is 0 Å². The van der Waals surface area contributed by atoms with Gasteiger partial charge in [0.2, 0.25) is 0 Å². The Bertz CT molecular complexity index is 136. The molecule has 2 atom stereocenters. The van der Waals surface area contributed by atoms with Crippen LogP contribution in [0.3, 0.4) is 0 Å². The van der Waals surface area contributed by atoms with Crippen molar-refractivity contribution in [2.75, 3.05) is 6.61 Å². The Morgan fingerprint density at radius 2 is 1.73 bits per heavy atom. The van der Waals surface area contributed by atoms with Crippen LogP contribution < -0.4 is 5.32 Å². The molecule has 92 valence electrons. The Morgan fingerprint density at radius 3 is 2.20 bits per heavy atom. The van der Waals surface area contributed by atoms with Crippen molar-refractivity contribution in [1.82, 2.24) is 5.32 Å². The summed E-state index contributed by atoms with van der Waals surface area (Å²) in [5.74, 6) is 0.507. The number of hydrogen-bond acceptors (Lipinski definition) is 2. The third kappa shape index (κ3) is 7.80. The molecular formula is C13H29NO. The van der Waals surface area contributed by atoms with Crippen LogP contribution in [0.15, 0.2) is 0 Å². The van der Waals surface area contributed by atoms with E-state index >= 15 is 0 Å². The molecule has 0 aromatic rings. The molecule has 0 aromatic heterocycles. The summed E-state index contributed by atoms with van der Waals surface area (Å²) >= 11 is 0. The fraction of sp³-hybridized carbons (Fsp3) is 1.00. The Kier molecular flexibility index (Phi) is 9.12. The van der Waals surface area contributed by atoms with Crippen molar-refractivity contribution >= 4 is 0 Å². The predicted molar refractivity (Wildman–Crippen MR) is 67.1 cm³/mol. The lowest BCUT2D eigenvalue weighted by Gasteiger charge is -2.24. The van der Waals surface area contributed by atoms with Crippen LogP contribution in [-0.2, 0) is 0 Å². The third-order valence-corrected chi connectivity index (χ3v) is 2.99. The number of nitrogens with one attached hydrogen (secondary N) is 1. The maximum Gasteiger partial charge on any atom is 0.0587 e. The van der Waals surface area contributed by atoms with Gasteiger partial charge >= 0.3 is 0 Å². The maximum atomic E-state index is 9.19. The van der Waals surface area contributed by atoms with Crippen LogP contribution in [0.1, 0.15) is 59.8 Å². The molecule has 2 unspecified atom stereocenters. The van der Waals surface area contributed by atoms with Gasteiger partial charge in [-0.3, -0.25) is 0 Å². The summed E-state index contributed by atoms with van der Waals surface area (Å²) < 4.78 is 0. The van der Waals surface area contributed by atoms with E-state index in [0.29, 0.717) is 12.0 Å². The van der Waals surface area contributed by atoms with Gasteiger partial charge in [-0.25, -0.2) is 0 Å². The largest absolute Gasteiger partial charge is 0.395 e. The molecular weight excluding hydrogens is 186 g/mol. The number of unbranched alkanes of at least 4 members (excludes halogenated alkanes) is 3. The van der Waals surface area contributed by atoms with Crippen molar-refractivity contribution in [2.45, 2.75) is 71.9 Å². The van der Waals surface area contributed by atoms with Gasteiger partial charge < -0.3 is 10.4 Å². The van der Waals surface area contributed by atoms with Gasteiger partial charge in [0.15, 0.2) is 0 Å². The molecule has 0 aliphatic rings. The number of aliphatic hydroxyl groups excluding tert-OH is 1. The first-order valence-electron chi connectivity index (χ1n) is 6.48. The van der Waals surface area contributed by atoms with Crippen molar-refractivity contribution in [3.05, 3.63) is 0 Å². The third-order valence-electron chi connectivity index (χ3n) is 2.99. The molecule has 0 aliphatic heterocycles. The highest BCUT2D eigenvalue weighted by Gasteiger charge is 2.14. The Balaban J connectivity index is 3.57. The van der Waals surface area contributed by atoms with Crippen molar-refractivity contribution in [3.63, 3.8) is 0 Å². The van der Waals surface area contributed by atoms with Gasteiger partial charge in [-0.15, -0.1) is 0 Å².